The first-order valence-corrected chi connectivity index (χ1v) is 7.39. The van der Waals surface area contributed by atoms with Crippen molar-refractivity contribution < 1.29 is 17.9 Å². The van der Waals surface area contributed by atoms with Crippen LogP contribution in [0.3, 0.4) is 0 Å². The minimum Gasteiger partial charge on any atom is -0.399 e. The van der Waals surface area contributed by atoms with Gasteiger partial charge in [-0.1, -0.05) is 13.8 Å². The molecule has 1 aliphatic rings. The molecule has 0 saturated carbocycles. The van der Waals surface area contributed by atoms with E-state index in [0.717, 1.165) is 18.7 Å². The van der Waals surface area contributed by atoms with Crippen molar-refractivity contribution in [1.82, 2.24) is 4.90 Å². The highest BCUT2D eigenvalue weighted by atomic mass is 19.4. The number of halogens is 3. The number of benzene rings is 1. The third kappa shape index (κ3) is 5.73. The zero-order valence-electron chi connectivity index (χ0n) is 13.3. The summed E-state index contributed by atoms with van der Waals surface area (Å²) >= 11 is 0. The molecule has 7 heteroatoms. The Kier molecular flexibility index (Phi) is 6.96. The van der Waals surface area contributed by atoms with Crippen molar-refractivity contribution in [3.8, 4) is 0 Å². The lowest BCUT2D eigenvalue weighted by molar-refractivity contribution is -0.0999. The number of nitrogens with zero attached hydrogens (tertiary/aromatic N) is 1. The minimum absolute atomic E-state index is 0.0146. The molecule has 0 atom stereocenters. The minimum atomic E-state index is -4.46. The van der Waals surface area contributed by atoms with Crippen molar-refractivity contribution >= 4 is 11.4 Å². The predicted octanol–water partition coefficient (Wildman–Crippen LogP) is 3.37. The highest BCUT2D eigenvalue weighted by molar-refractivity contribution is 5.62. The fourth-order valence-electron chi connectivity index (χ4n) is 2.25. The van der Waals surface area contributed by atoms with Gasteiger partial charge in [-0.2, -0.15) is 13.2 Å². The van der Waals surface area contributed by atoms with E-state index in [1.807, 2.05) is 13.8 Å². The van der Waals surface area contributed by atoms with Crippen LogP contribution in [0, 0.1) is 6.92 Å². The number of nitrogens with one attached hydrogen (secondary N) is 1. The SMILES string of the molecule is CC.Cc1c(CN2CCOCC2)cc(N)cc1NC(F)(F)F. The summed E-state index contributed by atoms with van der Waals surface area (Å²) in [5, 5.41) is 1.54. The van der Waals surface area contributed by atoms with E-state index < -0.39 is 6.30 Å². The molecular weight excluding hydrogens is 295 g/mol. The number of ether oxygens (including phenoxy) is 1. The van der Waals surface area contributed by atoms with E-state index in [4.69, 9.17) is 10.5 Å². The first-order valence-electron chi connectivity index (χ1n) is 7.39. The molecule has 3 N–H and O–H groups in total. The fraction of sp³-hybridized carbons (Fsp3) is 0.600. The summed E-state index contributed by atoms with van der Waals surface area (Å²) in [5.41, 5.74) is 7.42. The van der Waals surface area contributed by atoms with Gasteiger partial charge in [0.05, 0.1) is 13.2 Å². The van der Waals surface area contributed by atoms with Crippen molar-refractivity contribution in [3.05, 3.63) is 23.3 Å². The second-order valence-electron chi connectivity index (χ2n) is 4.86. The zero-order chi connectivity index (χ0) is 16.8. The first-order chi connectivity index (χ1) is 10.3. The lowest BCUT2D eigenvalue weighted by Gasteiger charge is -2.28. The third-order valence-electron chi connectivity index (χ3n) is 3.31. The molecular formula is C15H24F3N3O. The number of nitrogens with two attached hydrogens (primary N) is 1. The van der Waals surface area contributed by atoms with E-state index in [1.54, 1.807) is 18.3 Å². The summed E-state index contributed by atoms with van der Waals surface area (Å²) in [6, 6.07) is 3.04. The van der Waals surface area contributed by atoms with Gasteiger partial charge in [-0.15, -0.1) is 0 Å². The van der Waals surface area contributed by atoms with Crippen molar-refractivity contribution in [2.45, 2.75) is 33.6 Å². The molecule has 0 radical (unpaired) electrons. The van der Waals surface area contributed by atoms with Crippen molar-refractivity contribution in [3.63, 3.8) is 0 Å². The molecule has 1 heterocycles. The number of anilines is 2. The fourth-order valence-corrected chi connectivity index (χ4v) is 2.25. The Morgan fingerprint density at radius 1 is 1.23 bits per heavy atom. The monoisotopic (exact) mass is 319 g/mol. The summed E-state index contributed by atoms with van der Waals surface area (Å²) in [6.45, 7) is 9.09. The van der Waals surface area contributed by atoms with Gasteiger partial charge in [0, 0.05) is 31.0 Å². The first kappa shape index (κ1) is 18.6. The summed E-state index contributed by atoms with van der Waals surface area (Å²) in [4.78, 5) is 2.14. The summed E-state index contributed by atoms with van der Waals surface area (Å²) in [7, 11) is 0. The molecule has 0 aliphatic carbocycles. The molecule has 1 saturated heterocycles. The second-order valence-corrected chi connectivity index (χ2v) is 4.86. The van der Waals surface area contributed by atoms with Gasteiger partial charge in [-0.25, -0.2) is 0 Å². The quantitative estimate of drug-likeness (QED) is 0.662. The van der Waals surface area contributed by atoms with Crippen LogP contribution in [0.4, 0.5) is 24.5 Å². The highest BCUT2D eigenvalue weighted by Gasteiger charge is 2.28. The van der Waals surface area contributed by atoms with E-state index >= 15 is 0 Å². The van der Waals surface area contributed by atoms with Gasteiger partial charge in [0.1, 0.15) is 0 Å². The average Bonchev–Trinajstić information content (AvgIpc) is 2.46. The molecule has 0 amide bonds. The van der Waals surface area contributed by atoms with E-state index in [2.05, 4.69) is 4.90 Å². The van der Waals surface area contributed by atoms with Gasteiger partial charge >= 0.3 is 6.30 Å². The van der Waals surface area contributed by atoms with Crippen molar-refractivity contribution in [2.24, 2.45) is 0 Å². The van der Waals surface area contributed by atoms with Crippen LogP contribution in [0.15, 0.2) is 12.1 Å². The lowest BCUT2D eigenvalue weighted by atomic mass is 10.0. The van der Waals surface area contributed by atoms with Gasteiger partial charge in [-0.05, 0) is 30.2 Å². The summed E-state index contributed by atoms with van der Waals surface area (Å²) in [6.07, 6.45) is -4.46. The van der Waals surface area contributed by atoms with Gasteiger partial charge < -0.3 is 10.5 Å². The van der Waals surface area contributed by atoms with Crippen LogP contribution in [0.2, 0.25) is 0 Å². The number of morpholine rings is 1. The van der Waals surface area contributed by atoms with Crippen LogP contribution >= 0.6 is 0 Å². The lowest BCUT2D eigenvalue weighted by Crippen LogP contribution is -2.36. The molecule has 126 valence electrons. The van der Waals surface area contributed by atoms with Gasteiger partial charge in [0.25, 0.3) is 0 Å². The topological polar surface area (TPSA) is 50.5 Å². The standard InChI is InChI=1S/C13H18F3N3O.C2H6/c1-9-10(8-19-2-4-20-5-3-19)6-11(17)7-12(9)18-13(14,15)16;1-2/h6-7,18H,2-5,8,17H2,1H3;1-2H3. The molecule has 1 aromatic carbocycles. The molecule has 0 aromatic heterocycles. The Morgan fingerprint density at radius 2 is 1.82 bits per heavy atom. The second kappa shape index (κ2) is 8.24. The van der Waals surface area contributed by atoms with Crippen LogP contribution in [-0.4, -0.2) is 37.5 Å². The Morgan fingerprint density at radius 3 is 2.36 bits per heavy atom. The van der Waals surface area contributed by atoms with E-state index in [0.29, 0.717) is 31.0 Å². The number of nitrogen functional groups attached to an aromatic ring is 1. The number of alkyl halides is 3. The Hall–Kier alpha value is -1.47. The molecule has 4 nitrogen and oxygen atoms in total. The van der Waals surface area contributed by atoms with E-state index in [1.165, 1.54) is 6.07 Å². The van der Waals surface area contributed by atoms with Crippen LogP contribution in [0.5, 0.6) is 0 Å². The summed E-state index contributed by atoms with van der Waals surface area (Å²) in [5.74, 6) is 0. The third-order valence-corrected chi connectivity index (χ3v) is 3.31. The van der Waals surface area contributed by atoms with E-state index in [9.17, 15) is 13.2 Å². The largest absolute Gasteiger partial charge is 0.482 e. The average molecular weight is 319 g/mol. The van der Waals surface area contributed by atoms with Crippen molar-refractivity contribution in [2.75, 3.05) is 37.4 Å². The summed E-state index contributed by atoms with van der Waals surface area (Å²) < 4.78 is 42.6. The maximum Gasteiger partial charge on any atom is 0.482 e. The molecule has 1 aromatic rings. The van der Waals surface area contributed by atoms with Gasteiger partial charge in [0.15, 0.2) is 0 Å². The number of rotatable bonds is 3. The van der Waals surface area contributed by atoms with Gasteiger partial charge in [-0.3, -0.25) is 10.2 Å². The normalized spacial score (nSPS) is 15.9. The smallest absolute Gasteiger partial charge is 0.399 e. The van der Waals surface area contributed by atoms with Crippen LogP contribution < -0.4 is 11.1 Å². The number of hydrogen-bond donors (Lipinski definition) is 2. The zero-order valence-corrected chi connectivity index (χ0v) is 13.3. The van der Waals surface area contributed by atoms with Crippen molar-refractivity contribution in [1.29, 1.82) is 0 Å². The van der Waals surface area contributed by atoms with Crippen LogP contribution in [-0.2, 0) is 11.3 Å². The molecule has 1 fully saturated rings. The maximum atomic E-state index is 12.5. The Labute approximate surface area is 129 Å². The Bertz CT molecular complexity index is 472. The predicted molar refractivity (Wildman–Crippen MR) is 82.7 cm³/mol. The van der Waals surface area contributed by atoms with Gasteiger partial charge in [0.2, 0.25) is 0 Å². The maximum absolute atomic E-state index is 12.5. The molecule has 22 heavy (non-hydrogen) atoms. The number of hydrogen-bond acceptors (Lipinski definition) is 4. The molecule has 0 unspecified atom stereocenters. The molecule has 2 rings (SSSR count). The molecule has 0 spiro atoms. The van der Waals surface area contributed by atoms with Crippen LogP contribution in [0.1, 0.15) is 25.0 Å². The van der Waals surface area contributed by atoms with Crippen LogP contribution in [0.25, 0.3) is 0 Å². The molecule has 0 bridgehead atoms. The Balaban J connectivity index is 0.00000116. The molecule has 1 aliphatic heterocycles. The van der Waals surface area contributed by atoms with E-state index in [-0.39, 0.29) is 5.69 Å². The highest BCUT2D eigenvalue weighted by Crippen LogP contribution is 2.28.